The van der Waals surface area contributed by atoms with Crippen LogP contribution in [-0.2, 0) is 18.6 Å². The van der Waals surface area contributed by atoms with E-state index in [1.807, 2.05) is 47.1 Å². The number of pyridine rings is 1. The molecule has 1 fully saturated rings. The molecule has 4 heterocycles. The fourth-order valence-corrected chi connectivity index (χ4v) is 4.53. The number of carbonyl (C=O) groups is 2. The van der Waals surface area contributed by atoms with Crippen LogP contribution in [0, 0.1) is 0 Å². The lowest BCUT2D eigenvalue weighted by Crippen LogP contribution is -2.40. The number of aromatic amines is 1. The van der Waals surface area contributed by atoms with Crippen LogP contribution in [0.15, 0.2) is 61.1 Å². The average Bonchev–Trinajstić information content (AvgIpc) is 3.29. The molecule has 3 aromatic heterocycles. The van der Waals surface area contributed by atoms with Crippen LogP contribution in [0.5, 0.6) is 0 Å². The lowest BCUT2D eigenvalue weighted by molar-refractivity contribution is 0.0697. The van der Waals surface area contributed by atoms with Gasteiger partial charge in [0.2, 0.25) is 0 Å². The van der Waals surface area contributed by atoms with Gasteiger partial charge in [0.05, 0.1) is 36.1 Å². The average molecular weight is 426 g/mol. The molecule has 8 nitrogen and oxygen atoms in total. The molecule has 0 saturated heterocycles. The van der Waals surface area contributed by atoms with Gasteiger partial charge in [-0.05, 0) is 42.7 Å². The highest BCUT2D eigenvalue weighted by Crippen LogP contribution is 2.45. The Morgan fingerprint density at radius 2 is 1.88 bits per heavy atom. The molecule has 0 unspecified atom stereocenters. The van der Waals surface area contributed by atoms with Gasteiger partial charge in [0.25, 0.3) is 11.8 Å². The summed E-state index contributed by atoms with van der Waals surface area (Å²) in [5.41, 5.74) is 3.52. The number of rotatable bonds is 4. The minimum absolute atomic E-state index is 0.0737. The highest BCUT2D eigenvalue weighted by atomic mass is 16.2. The molecule has 2 amide bonds. The predicted octanol–water partition coefficient (Wildman–Crippen LogP) is 2.83. The van der Waals surface area contributed by atoms with Crippen molar-refractivity contribution in [2.45, 2.75) is 31.5 Å². The summed E-state index contributed by atoms with van der Waals surface area (Å²) in [4.78, 5) is 35.4. The zero-order chi connectivity index (χ0) is 21.7. The standard InChI is InChI=1S/C24H22N6O2/c31-22(28-24(7-8-24)17-5-9-25-10-6-17)18-14-26-30-12-11-29(15-21(18)30)23(32)20-13-16-3-1-2-4-19(16)27-20/h1-6,9-10,13-14,27H,7-8,11-12,15H2,(H,28,31). The Morgan fingerprint density at radius 3 is 2.66 bits per heavy atom. The molecule has 1 aromatic carbocycles. The summed E-state index contributed by atoms with van der Waals surface area (Å²) in [7, 11) is 0. The van der Waals surface area contributed by atoms with Gasteiger partial charge in [0.15, 0.2) is 0 Å². The molecule has 1 aliphatic heterocycles. The molecule has 2 N–H and O–H groups in total. The number of aromatic nitrogens is 4. The van der Waals surface area contributed by atoms with Gasteiger partial charge in [-0.15, -0.1) is 0 Å². The van der Waals surface area contributed by atoms with E-state index in [1.54, 1.807) is 23.5 Å². The number of benzene rings is 1. The van der Waals surface area contributed by atoms with Crippen molar-refractivity contribution in [1.29, 1.82) is 0 Å². The van der Waals surface area contributed by atoms with Crippen LogP contribution in [0.2, 0.25) is 0 Å². The Hall–Kier alpha value is -3.94. The first-order valence-corrected chi connectivity index (χ1v) is 10.8. The number of amides is 2. The van der Waals surface area contributed by atoms with Crippen LogP contribution < -0.4 is 5.32 Å². The summed E-state index contributed by atoms with van der Waals surface area (Å²) in [6.07, 6.45) is 6.91. The molecule has 32 heavy (non-hydrogen) atoms. The minimum atomic E-state index is -0.330. The highest BCUT2D eigenvalue weighted by molar-refractivity contribution is 5.99. The Balaban J connectivity index is 1.23. The van der Waals surface area contributed by atoms with Crippen LogP contribution in [0.3, 0.4) is 0 Å². The summed E-state index contributed by atoms with van der Waals surface area (Å²) >= 11 is 0. The predicted molar refractivity (Wildman–Crippen MR) is 118 cm³/mol. The van der Waals surface area contributed by atoms with Crippen molar-refractivity contribution in [3.05, 3.63) is 83.6 Å². The summed E-state index contributed by atoms with van der Waals surface area (Å²) in [6, 6.07) is 13.6. The minimum Gasteiger partial charge on any atom is -0.351 e. The van der Waals surface area contributed by atoms with Crippen molar-refractivity contribution in [3.8, 4) is 0 Å². The van der Waals surface area contributed by atoms with Gasteiger partial charge < -0.3 is 15.2 Å². The van der Waals surface area contributed by atoms with E-state index in [0.29, 0.717) is 30.9 Å². The largest absolute Gasteiger partial charge is 0.351 e. The van der Waals surface area contributed by atoms with E-state index < -0.39 is 0 Å². The van der Waals surface area contributed by atoms with Crippen molar-refractivity contribution in [1.82, 2.24) is 30.0 Å². The van der Waals surface area contributed by atoms with Gasteiger partial charge in [-0.3, -0.25) is 19.3 Å². The maximum atomic E-state index is 13.2. The van der Waals surface area contributed by atoms with Gasteiger partial charge in [0, 0.05) is 29.8 Å². The zero-order valence-corrected chi connectivity index (χ0v) is 17.4. The molecule has 4 aromatic rings. The maximum absolute atomic E-state index is 13.2. The number of nitrogens with zero attached hydrogens (tertiary/aromatic N) is 4. The Bertz CT molecular complexity index is 1300. The van der Waals surface area contributed by atoms with Gasteiger partial charge in [-0.2, -0.15) is 5.10 Å². The van der Waals surface area contributed by atoms with Crippen molar-refractivity contribution in [2.75, 3.05) is 6.54 Å². The third-order valence-corrected chi connectivity index (χ3v) is 6.50. The summed E-state index contributed by atoms with van der Waals surface area (Å²) < 4.78 is 1.83. The van der Waals surface area contributed by atoms with Crippen molar-refractivity contribution in [2.24, 2.45) is 0 Å². The number of hydrogen-bond donors (Lipinski definition) is 2. The molecular formula is C24H22N6O2. The smallest absolute Gasteiger partial charge is 0.270 e. The molecule has 2 aliphatic rings. The van der Waals surface area contributed by atoms with Crippen LogP contribution in [-0.4, -0.2) is 43.0 Å². The normalized spacial score (nSPS) is 16.6. The summed E-state index contributed by atoms with van der Waals surface area (Å²) in [5, 5.41) is 8.61. The molecule has 6 rings (SSSR count). The topological polar surface area (TPSA) is 95.9 Å². The maximum Gasteiger partial charge on any atom is 0.270 e. The molecule has 1 aliphatic carbocycles. The first kappa shape index (κ1) is 18.8. The first-order valence-electron chi connectivity index (χ1n) is 10.8. The van der Waals surface area contributed by atoms with E-state index in [-0.39, 0.29) is 17.4 Å². The fraction of sp³-hybridized carbons (Fsp3) is 0.250. The second-order valence-corrected chi connectivity index (χ2v) is 8.50. The van der Waals surface area contributed by atoms with E-state index in [0.717, 1.165) is 35.0 Å². The second-order valence-electron chi connectivity index (χ2n) is 8.50. The second kappa shape index (κ2) is 7.05. The van der Waals surface area contributed by atoms with E-state index in [9.17, 15) is 9.59 Å². The molecular weight excluding hydrogens is 404 g/mol. The van der Waals surface area contributed by atoms with Crippen LogP contribution in [0.25, 0.3) is 10.9 Å². The Kier molecular flexibility index (Phi) is 4.14. The Morgan fingerprint density at radius 1 is 1.06 bits per heavy atom. The lowest BCUT2D eigenvalue weighted by Gasteiger charge is -2.28. The van der Waals surface area contributed by atoms with E-state index in [1.165, 1.54) is 0 Å². The molecule has 160 valence electrons. The molecule has 0 bridgehead atoms. The number of H-pyrrole nitrogens is 1. The molecule has 8 heteroatoms. The van der Waals surface area contributed by atoms with E-state index in [2.05, 4.69) is 20.4 Å². The van der Waals surface area contributed by atoms with Crippen LogP contribution in [0.1, 0.15) is 44.9 Å². The van der Waals surface area contributed by atoms with Crippen LogP contribution >= 0.6 is 0 Å². The van der Waals surface area contributed by atoms with Gasteiger partial charge in [0.1, 0.15) is 5.69 Å². The Labute approximate surface area is 184 Å². The van der Waals surface area contributed by atoms with Crippen molar-refractivity contribution >= 4 is 22.7 Å². The third kappa shape index (κ3) is 3.07. The van der Waals surface area contributed by atoms with Gasteiger partial charge in [-0.25, -0.2) is 0 Å². The van der Waals surface area contributed by atoms with E-state index in [4.69, 9.17) is 0 Å². The lowest BCUT2D eigenvalue weighted by atomic mass is 10.1. The number of carbonyl (C=O) groups excluding carboxylic acids is 2. The van der Waals surface area contributed by atoms with Gasteiger partial charge >= 0.3 is 0 Å². The fourth-order valence-electron chi connectivity index (χ4n) is 4.53. The summed E-state index contributed by atoms with van der Waals surface area (Å²) in [6.45, 7) is 1.45. The molecule has 0 radical (unpaired) electrons. The highest BCUT2D eigenvalue weighted by Gasteiger charge is 2.46. The first-order chi connectivity index (χ1) is 15.6. The number of fused-ring (bicyclic) bond motifs is 2. The SMILES string of the molecule is O=C(NC1(c2ccncc2)CC1)c1cnn2c1CN(C(=O)c1cc3ccccc3[nH]1)CC2. The van der Waals surface area contributed by atoms with Crippen molar-refractivity contribution < 1.29 is 9.59 Å². The number of nitrogens with one attached hydrogen (secondary N) is 2. The zero-order valence-electron chi connectivity index (χ0n) is 17.4. The monoisotopic (exact) mass is 426 g/mol. The van der Waals surface area contributed by atoms with Crippen LogP contribution in [0.4, 0.5) is 0 Å². The number of para-hydroxylation sites is 1. The van der Waals surface area contributed by atoms with Crippen molar-refractivity contribution in [3.63, 3.8) is 0 Å². The van der Waals surface area contributed by atoms with Gasteiger partial charge in [-0.1, -0.05) is 18.2 Å². The van der Waals surface area contributed by atoms with E-state index >= 15 is 0 Å². The third-order valence-electron chi connectivity index (χ3n) is 6.50. The summed E-state index contributed by atoms with van der Waals surface area (Å²) in [5.74, 6) is -0.226. The molecule has 0 spiro atoms. The number of hydrogen-bond acceptors (Lipinski definition) is 4. The quantitative estimate of drug-likeness (QED) is 0.525. The molecule has 0 atom stereocenters. The molecule has 1 saturated carbocycles.